The van der Waals surface area contributed by atoms with Gasteiger partial charge in [-0.2, -0.15) is 0 Å². The van der Waals surface area contributed by atoms with Crippen LogP contribution in [0.15, 0.2) is 35.8 Å². The summed E-state index contributed by atoms with van der Waals surface area (Å²) in [6.45, 7) is 5.97. The minimum Gasteiger partial charge on any atom is -0.508 e. The highest BCUT2D eigenvalue weighted by Crippen LogP contribution is 2.31. The van der Waals surface area contributed by atoms with Crippen molar-refractivity contribution in [1.29, 1.82) is 0 Å². The zero-order valence-corrected chi connectivity index (χ0v) is 9.53. The Balaban J connectivity index is 2.68. The molecule has 88 valence electrons. The van der Waals surface area contributed by atoms with Gasteiger partial charge >= 0.3 is 5.97 Å². The molecule has 16 heavy (non-hydrogen) atoms. The van der Waals surface area contributed by atoms with E-state index in [0.29, 0.717) is 12.4 Å². The van der Waals surface area contributed by atoms with Crippen molar-refractivity contribution in [2.24, 2.45) is 5.92 Å². The van der Waals surface area contributed by atoms with Gasteiger partial charge in [-0.25, -0.2) is 0 Å². The molecule has 0 bridgehead atoms. The van der Waals surface area contributed by atoms with Gasteiger partial charge in [-0.05, 0) is 18.6 Å². The molecule has 0 spiro atoms. The Bertz CT molecular complexity index is 352. The number of aliphatic hydroxyl groups excluding tert-OH is 1. The van der Waals surface area contributed by atoms with Crippen molar-refractivity contribution in [2.45, 2.75) is 13.3 Å². The summed E-state index contributed by atoms with van der Waals surface area (Å²) in [5.41, 5.74) is 0.721. The SMILES string of the molecule is C=C1/C(=C\C(O)=C/C)OCC1CC(=O)OC. The standard InChI is InChI=1S/C12H16O4/c1-4-10(13)6-11-8(2)9(7-16-11)5-12(14)15-3/h4,6,9,13H,2,5,7H2,1,3H3/b10-4+,11-6+. The number of esters is 1. The van der Waals surface area contributed by atoms with Gasteiger partial charge in [-0.3, -0.25) is 4.79 Å². The Morgan fingerprint density at radius 1 is 1.75 bits per heavy atom. The van der Waals surface area contributed by atoms with Crippen molar-refractivity contribution in [1.82, 2.24) is 0 Å². The molecule has 1 heterocycles. The molecule has 1 unspecified atom stereocenters. The molecule has 0 aromatic heterocycles. The second-order valence-corrected chi connectivity index (χ2v) is 3.54. The lowest BCUT2D eigenvalue weighted by Crippen LogP contribution is -2.10. The highest BCUT2D eigenvalue weighted by atomic mass is 16.5. The minimum atomic E-state index is -0.286. The molecule has 1 aliphatic rings. The van der Waals surface area contributed by atoms with Crippen LogP contribution in [0.3, 0.4) is 0 Å². The van der Waals surface area contributed by atoms with Gasteiger partial charge in [0.2, 0.25) is 0 Å². The van der Waals surface area contributed by atoms with Crippen LogP contribution in [0.4, 0.5) is 0 Å². The van der Waals surface area contributed by atoms with E-state index in [1.54, 1.807) is 13.0 Å². The molecular weight excluding hydrogens is 208 g/mol. The van der Waals surface area contributed by atoms with Gasteiger partial charge in [-0.15, -0.1) is 0 Å². The number of aliphatic hydroxyl groups is 1. The van der Waals surface area contributed by atoms with Crippen LogP contribution >= 0.6 is 0 Å². The molecular formula is C12H16O4. The van der Waals surface area contributed by atoms with Crippen LogP contribution in [0, 0.1) is 5.92 Å². The Labute approximate surface area is 94.9 Å². The van der Waals surface area contributed by atoms with Gasteiger partial charge in [0.15, 0.2) is 0 Å². The fourth-order valence-corrected chi connectivity index (χ4v) is 1.40. The molecule has 1 rings (SSSR count). The van der Waals surface area contributed by atoms with Crippen LogP contribution in [-0.4, -0.2) is 24.8 Å². The van der Waals surface area contributed by atoms with Crippen molar-refractivity contribution in [3.05, 3.63) is 35.8 Å². The molecule has 4 heteroatoms. The first-order valence-corrected chi connectivity index (χ1v) is 5.04. The van der Waals surface area contributed by atoms with Gasteiger partial charge in [0.25, 0.3) is 0 Å². The molecule has 0 aliphatic carbocycles. The van der Waals surface area contributed by atoms with E-state index in [1.807, 2.05) is 0 Å². The first-order valence-electron chi connectivity index (χ1n) is 5.04. The lowest BCUT2D eigenvalue weighted by atomic mass is 9.99. The zero-order valence-electron chi connectivity index (χ0n) is 9.53. The molecule has 0 aromatic carbocycles. The first-order chi connectivity index (χ1) is 7.58. The zero-order chi connectivity index (χ0) is 12.1. The van der Waals surface area contributed by atoms with E-state index >= 15 is 0 Å². The van der Waals surface area contributed by atoms with Crippen LogP contribution < -0.4 is 0 Å². The fourth-order valence-electron chi connectivity index (χ4n) is 1.40. The van der Waals surface area contributed by atoms with Crippen molar-refractivity contribution in [2.75, 3.05) is 13.7 Å². The largest absolute Gasteiger partial charge is 0.508 e. The van der Waals surface area contributed by atoms with Crippen molar-refractivity contribution < 1.29 is 19.4 Å². The summed E-state index contributed by atoms with van der Waals surface area (Å²) in [7, 11) is 1.35. The lowest BCUT2D eigenvalue weighted by Gasteiger charge is -2.05. The van der Waals surface area contributed by atoms with E-state index in [1.165, 1.54) is 13.2 Å². The van der Waals surface area contributed by atoms with Crippen LogP contribution in [-0.2, 0) is 14.3 Å². The third-order valence-corrected chi connectivity index (χ3v) is 2.46. The minimum absolute atomic E-state index is 0.0663. The van der Waals surface area contributed by atoms with Crippen molar-refractivity contribution in [3.8, 4) is 0 Å². The second-order valence-electron chi connectivity index (χ2n) is 3.54. The number of hydrogen-bond acceptors (Lipinski definition) is 4. The summed E-state index contributed by atoms with van der Waals surface area (Å²) in [6.07, 6.45) is 3.31. The Morgan fingerprint density at radius 3 is 3.00 bits per heavy atom. The summed E-state index contributed by atoms with van der Waals surface area (Å²) < 4.78 is 9.93. The van der Waals surface area contributed by atoms with E-state index in [4.69, 9.17) is 4.74 Å². The molecule has 0 saturated carbocycles. The topological polar surface area (TPSA) is 55.8 Å². The van der Waals surface area contributed by atoms with Crippen molar-refractivity contribution >= 4 is 5.97 Å². The predicted octanol–water partition coefficient (Wildman–Crippen LogP) is 2.10. The Hall–Kier alpha value is -1.71. The number of rotatable bonds is 3. The van der Waals surface area contributed by atoms with Crippen molar-refractivity contribution in [3.63, 3.8) is 0 Å². The van der Waals surface area contributed by atoms with E-state index in [0.717, 1.165) is 5.57 Å². The van der Waals surface area contributed by atoms with Gasteiger partial charge in [0.05, 0.1) is 20.1 Å². The number of allylic oxidation sites excluding steroid dienone is 3. The molecule has 1 aliphatic heterocycles. The summed E-state index contributed by atoms with van der Waals surface area (Å²) in [5.74, 6) is 0.300. The van der Waals surface area contributed by atoms with Gasteiger partial charge in [0.1, 0.15) is 11.5 Å². The van der Waals surface area contributed by atoms with E-state index in [9.17, 15) is 9.90 Å². The molecule has 1 atom stereocenters. The van der Waals surface area contributed by atoms with E-state index < -0.39 is 0 Å². The van der Waals surface area contributed by atoms with Crippen LogP contribution in [0.5, 0.6) is 0 Å². The summed E-state index contributed by atoms with van der Waals surface area (Å²) >= 11 is 0. The summed E-state index contributed by atoms with van der Waals surface area (Å²) in [6, 6.07) is 0. The third kappa shape index (κ3) is 2.89. The summed E-state index contributed by atoms with van der Waals surface area (Å²) in [5, 5.41) is 9.32. The number of carbonyl (C=O) groups is 1. The van der Waals surface area contributed by atoms with Crippen LogP contribution in [0.2, 0.25) is 0 Å². The lowest BCUT2D eigenvalue weighted by molar-refractivity contribution is -0.141. The molecule has 4 nitrogen and oxygen atoms in total. The molecule has 0 amide bonds. The highest BCUT2D eigenvalue weighted by molar-refractivity contribution is 5.70. The average Bonchev–Trinajstić information content (AvgIpc) is 2.61. The number of carbonyl (C=O) groups excluding carboxylic acids is 1. The predicted molar refractivity (Wildman–Crippen MR) is 59.7 cm³/mol. The maximum atomic E-state index is 11.1. The average molecular weight is 224 g/mol. The highest BCUT2D eigenvalue weighted by Gasteiger charge is 2.28. The smallest absolute Gasteiger partial charge is 0.306 e. The quantitative estimate of drug-likeness (QED) is 0.589. The van der Waals surface area contributed by atoms with Gasteiger partial charge in [0, 0.05) is 12.0 Å². The van der Waals surface area contributed by atoms with Crippen LogP contribution in [0.25, 0.3) is 0 Å². The molecule has 0 aromatic rings. The first kappa shape index (κ1) is 12.4. The third-order valence-electron chi connectivity index (χ3n) is 2.46. The van der Waals surface area contributed by atoms with E-state index in [-0.39, 0.29) is 24.1 Å². The second kappa shape index (κ2) is 5.39. The maximum Gasteiger partial charge on any atom is 0.306 e. The monoisotopic (exact) mass is 224 g/mol. The molecule has 0 radical (unpaired) electrons. The van der Waals surface area contributed by atoms with Gasteiger partial charge in [-0.1, -0.05) is 6.58 Å². The molecule has 1 saturated heterocycles. The molecule has 1 fully saturated rings. The number of hydrogen-bond donors (Lipinski definition) is 1. The van der Waals surface area contributed by atoms with Crippen LogP contribution in [0.1, 0.15) is 13.3 Å². The fraction of sp³-hybridized carbons (Fsp3) is 0.417. The Kier molecular flexibility index (Phi) is 4.17. The summed E-state index contributed by atoms with van der Waals surface area (Å²) in [4.78, 5) is 11.1. The van der Waals surface area contributed by atoms with E-state index in [2.05, 4.69) is 11.3 Å². The van der Waals surface area contributed by atoms with Gasteiger partial charge < -0.3 is 14.6 Å². The normalized spacial score (nSPS) is 23.4. The number of ether oxygens (including phenoxy) is 2. The maximum absolute atomic E-state index is 11.1. The molecule has 1 N–H and O–H groups in total. The number of methoxy groups -OCH3 is 1. The Morgan fingerprint density at radius 2 is 2.44 bits per heavy atom.